The average molecular weight is 155 g/mol. The van der Waals surface area contributed by atoms with E-state index in [0.29, 0.717) is 0 Å². The lowest BCUT2D eigenvalue weighted by atomic mass is 9.70. The highest BCUT2D eigenvalue weighted by Gasteiger charge is 2.37. The van der Waals surface area contributed by atoms with Gasteiger partial charge in [0.05, 0.1) is 0 Å². The van der Waals surface area contributed by atoms with E-state index in [1.165, 1.54) is 6.42 Å². The van der Waals surface area contributed by atoms with Gasteiger partial charge in [0.15, 0.2) is 0 Å². The molecule has 2 atom stereocenters. The van der Waals surface area contributed by atoms with Crippen molar-refractivity contribution in [1.82, 2.24) is 0 Å². The van der Waals surface area contributed by atoms with Crippen LogP contribution in [0.2, 0.25) is 0 Å². The second-order valence-electron chi connectivity index (χ2n) is 3.83. The topological polar surface area (TPSA) is 43.1 Å². The lowest BCUT2D eigenvalue weighted by Gasteiger charge is -2.37. The van der Waals surface area contributed by atoms with Gasteiger partial charge in [-0.1, -0.05) is 19.8 Å². The van der Waals surface area contributed by atoms with Gasteiger partial charge in [-0.3, -0.25) is 4.79 Å². The van der Waals surface area contributed by atoms with Crippen molar-refractivity contribution in [3.63, 3.8) is 0 Å². The monoisotopic (exact) mass is 155 g/mol. The maximum Gasteiger partial charge on any atom is 0.137 e. The van der Waals surface area contributed by atoms with Crippen LogP contribution in [0.25, 0.3) is 0 Å². The van der Waals surface area contributed by atoms with Crippen LogP contribution in [-0.2, 0) is 4.79 Å². The molecule has 1 rings (SSSR count). The van der Waals surface area contributed by atoms with Crippen LogP contribution in [0.3, 0.4) is 0 Å². The van der Waals surface area contributed by atoms with Gasteiger partial charge >= 0.3 is 0 Å². The van der Waals surface area contributed by atoms with Crippen LogP contribution in [0.1, 0.15) is 39.5 Å². The molecule has 0 bridgehead atoms. The van der Waals surface area contributed by atoms with Gasteiger partial charge in [-0.05, 0) is 19.8 Å². The Balaban J connectivity index is 2.72. The number of Topliss-reactive ketones (excluding diaryl/α,β-unsaturated/α-hetero) is 1. The molecule has 0 aliphatic heterocycles. The Morgan fingerprint density at radius 1 is 1.55 bits per heavy atom. The second-order valence-corrected chi connectivity index (χ2v) is 3.83. The number of rotatable bonds is 1. The first kappa shape index (κ1) is 8.72. The number of nitrogens with two attached hydrogens (primary N) is 1. The number of carbonyl (C=O) groups excluding carboxylic acids is 1. The van der Waals surface area contributed by atoms with E-state index in [1.807, 2.05) is 6.92 Å². The fourth-order valence-corrected chi connectivity index (χ4v) is 1.80. The third kappa shape index (κ3) is 1.45. The van der Waals surface area contributed by atoms with Gasteiger partial charge in [-0.15, -0.1) is 0 Å². The Kier molecular flexibility index (Phi) is 2.33. The molecular formula is C9H17NO. The van der Waals surface area contributed by atoms with Gasteiger partial charge in [-0.2, -0.15) is 0 Å². The van der Waals surface area contributed by atoms with E-state index >= 15 is 0 Å². The van der Waals surface area contributed by atoms with Gasteiger partial charge < -0.3 is 5.73 Å². The summed E-state index contributed by atoms with van der Waals surface area (Å²) < 4.78 is 0. The van der Waals surface area contributed by atoms with Gasteiger partial charge in [-0.25, -0.2) is 0 Å². The minimum absolute atomic E-state index is 0.0914. The molecular weight excluding hydrogens is 138 g/mol. The Morgan fingerprint density at radius 3 is 2.55 bits per heavy atom. The molecule has 1 saturated carbocycles. The zero-order valence-corrected chi connectivity index (χ0v) is 7.39. The van der Waals surface area contributed by atoms with E-state index in [0.717, 1.165) is 19.3 Å². The first-order valence-corrected chi connectivity index (χ1v) is 4.34. The van der Waals surface area contributed by atoms with Gasteiger partial charge in [0.25, 0.3) is 0 Å². The fraction of sp³-hybridized carbons (Fsp3) is 0.889. The summed E-state index contributed by atoms with van der Waals surface area (Å²) in [5.41, 5.74) is 5.67. The smallest absolute Gasteiger partial charge is 0.137 e. The second kappa shape index (κ2) is 2.94. The predicted octanol–water partition coefficient (Wildman–Crippen LogP) is 1.48. The summed E-state index contributed by atoms with van der Waals surface area (Å²) in [7, 11) is 0. The molecule has 64 valence electrons. The van der Waals surface area contributed by atoms with Crippen LogP contribution in [0, 0.1) is 5.41 Å². The van der Waals surface area contributed by atoms with Gasteiger partial charge in [0, 0.05) is 11.5 Å². The molecule has 0 saturated heterocycles. The molecule has 0 heterocycles. The highest BCUT2D eigenvalue weighted by molar-refractivity contribution is 5.82. The predicted molar refractivity (Wildman–Crippen MR) is 45.2 cm³/mol. The number of carbonyl (C=O) groups is 1. The molecule has 11 heavy (non-hydrogen) atoms. The first-order chi connectivity index (χ1) is 5.07. The summed E-state index contributed by atoms with van der Waals surface area (Å²) >= 11 is 0. The quantitative estimate of drug-likeness (QED) is 0.623. The third-order valence-corrected chi connectivity index (χ3v) is 3.08. The van der Waals surface area contributed by atoms with Crippen molar-refractivity contribution in [3.8, 4) is 0 Å². The molecule has 0 amide bonds. The summed E-state index contributed by atoms with van der Waals surface area (Å²) in [4.78, 5) is 11.3. The summed E-state index contributed by atoms with van der Waals surface area (Å²) in [6, 6.07) is 0.0914. The minimum Gasteiger partial charge on any atom is -0.327 e. The summed E-state index contributed by atoms with van der Waals surface area (Å²) in [5.74, 6) is 0.254. The first-order valence-electron chi connectivity index (χ1n) is 4.34. The number of ketones is 1. The molecule has 2 N–H and O–H groups in total. The lowest BCUT2D eigenvalue weighted by molar-refractivity contribution is -0.128. The van der Waals surface area contributed by atoms with E-state index in [9.17, 15) is 4.79 Å². The van der Waals surface area contributed by atoms with Crippen LogP contribution in [0.4, 0.5) is 0 Å². The highest BCUT2D eigenvalue weighted by atomic mass is 16.1. The van der Waals surface area contributed by atoms with E-state index in [-0.39, 0.29) is 17.2 Å². The zero-order chi connectivity index (χ0) is 8.48. The lowest BCUT2D eigenvalue weighted by Crippen LogP contribution is -2.46. The molecule has 1 aliphatic rings. The standard InChI is InChI=1S/C9H17NO/c1-7(11)9(2)6-4-3-5-8(9)10/h8H,3-6,10H2,1-2H3. The SMILES string of the molecule is CC(=O)C1(C)CCCCC1N. The molecule has 0 radical (unpaired) electrons. The Labute approximate surface area is 68.2 Å². The van der Waals surface area contributed by atoms with Crippen molar-refractivity contribution in [2.24, 2.45) is 11.1 Å². The van der Waals surface area contributed by atoms with Crippen molar-refractivity contribution in [3.05, 3.63) is 0 Å². The largest absolute Gasteiger partial charge is 0.327 e. The van der Waals surface area contributed by atoms with Gasteiger partial charge in [0.1, 0.15) is 5.78 Å². The summed E-state index contributed by atoms with van der Waals surface area (Å²) in [6.45, 7) is 3.66. The molecule has 1 fully saturated rings. The summed E-state index contributed by atoms with van der Waals surface area (Å²) in [6.07, 6.45) is 4.33. The van der Waals surface area contributed by atoms with Crippen molar-refractivity contribution < 1.29 is 4.79 Å². The van der Waals surface area contributed by atoms with Crippen molar-refractivity contribution in [2.75, 3.05) is 0 Å². The Hall–Kier alpha value is -0.370. The fourth-order valence-electron chi connectivity index (χ4n) is 1.80. The van der Waals surface area contributed by atoms with Crippen LogP contribution in [-0.4, -0.2) is 11.8 Å². The molecule has 2 nitrogen and oxygen atoms in total. The van der Waals surface area contributed by atoms with E-state index in [2.05, 4.69) is 0 Å². The van der Waals surface area contributed by atoms with E-state index in [4.69, 9.17) is 5.73 Å². The minimum atomic E-state index is -0.224. The van der Waals surface area contributed by atoms with Gasteiger partial charge in [0.2, 0.25) is 0 Å². The molecule has 0 aromatic rings. The number of hydrogen-bond acceptors (Lipinski definition) is 2. The van der Waals surface area contributed by atoms with Crippen LogP contribution in [0.15, 0.2) is 0 Å². The average Bonchev–Trinajstić information content (AvgIpc) is 1.95. The molecule has 0 spiro atoms. The normalized spacial score (nSPS) is 38.6. The van der Waals surface area contributed by atoms with Crippen LogP contribution >= 0.6 is 0 Å². The highest BCUT2D eigenvalue weighted by Crippen LogP contribution is 2.35. The van der Waals surface area contributed by atoms with Crippen molar-refractivity contribution in [2.45, 2.75) is 45.6 Å². The van der Waals surface area contributed by atoms with Crippen LogP contribution in [0.5, 0.6) is 0 Å². The Morgan fingerprint density at radius 2 is 2.18 bits per heavy atom. The zero-order valence-electron chi connectivity index (χ0n) is 7.39. The Bertz CT molecular complexity index is 167. The molecule has 1 aliphatic carbocycles. The molecule has 0 aromatic heterocycles. The molecule has 0 aromatic carbocycles. The maximum atomic E-state index is 11.3. The van der Waals surface area contributed by atoms with E-state index in [1.54, 1.807) is 6.92 Å². The molecule has 2 unspecified atom stereocenters. The maximum absolute atomic E-state index is 11.3. The van der Waals surface area contributed by atoms with Crippen LogP contribution < -0.4 is 5.73 Å². The molecule has 2 heteroatoms. The van der Waals surface area contributed by atoms with E-state index < -0.39 is 0 Å². The summed E-state index contributed by atoms with van der Waals surface area (Å²) in [5, 5.41) is 0. The van der Waals surface area contributed by atoms with Crippen molar-refractivity contribution >= 4 is 5.78 Å². The number of hydrogen-bond donors (Lipinski definition) is 1. The van der Waals surface area contributed by atoms with Crippen molar-refractivity contribution in [1.29, 1.82) is 0 Å². The third-order valence-electron chi connectivity index (χ3n) is 3.08.